The van der Waals surface area contributed by atoms with E-state index >= 15 is 0 Å². The molecule has 120 valence electrons. The highest BCUT2D eigenvalue weighted by molar-refractivity contribution is 4.96. The molecule has 4 heteroatoms. The van der Waals surface area contributed by atoms with Crippen molar-refractivity contribution in [1.82, 2.24) is 14.8 Å². The van der Waals surface area contributed by atoms with E-state index in [9.17, 15) is 5.11 Å². The molecule has 1 saturated carbocycles. The summed E-state index contributed by atoms with van der Waals surface area (Å²) in [5.41, 5.74) is 0.0429. The molecule has 0 atom stereocenters. The van der Waals surface area contributed by atoms with Crippen molar-refractivity contribution in [2.45, 2.75) is 78.2 Å². The van der Waals surface area contributed by atoms with E-state index in [1.807, 2.05) is 4.68 Å². The van der Waals surface area contributed by atoms with E-state index in [-0.39, 0.29) is 12.0 Å². The molecule has 0 aliphatic heterocycles. The minimum absolute atomic E-state index is 0.0429. The molecule has 1 aromatic heterocycles. The van der Waals surface area contributed by atoms with Gasteiger partial charge in [-0.25, -0.2) is 4.98 Å². The van der Waals surface area contributed by atoms with Gasteiger partial charge in [0.2, 0.25) is 0 Å². The molecule has 0 spiro atoms. The molecule has 4 nitrogen and oxygen atoms in total. The van der Waals surface area contributed by atoms with Crippen molar-refractivity contribution in [3.05, 3.63) is 12.2 Å². The van der Waals surface area contributed by atoms with Gasteiger partial charge in [-0.2, -0.15) is 5.10 Å². The number of nitrogens with zero attached hydrogens (tertiary/aromatic N) is 3. The van der Waals surface area contributed by atoms with E-state index in [0.717, 1.165) is 44.0 Å². The molecule has 1 aliphatic carbocycles. The quantitative estimate of drug-likeness (QED) is 0.797. The van der Waals surface area contributed by atoms with Crippen LogP contribution in [0.25, 0.3) is 0 Å². The van der Waals surface area contributed by atoms with Crippen LogP contribution in [0, 0.1) is 11.3 Å². The van der Waals surface area contributed by atoms with Crippen LogP contribution in [-0.2, 0) is 13.0 Å². The van der Waals surface area contributed by atoms with Crippen molar-refractivity contribution in [2.75, 3.05) is 6.61 Å². The molecule has 1 aliphatic rings. The monoisotopic (exact) mass is 293 g/mol. The summed E-state index contributed by atoms with van der Waals surface area (Å²) in [6.45, 7) is 5.63. The lowest BCUT2D eigenvalue weighted by molar-refractivity contribution is 0.0592. The molecule has 21 heavy (non-hydrogen) atoms. The Morgan fingerprint density at radius 1 is 1.29 bits per heavy atom. The summed E-state index contributed by atoms with van der Waals surface area (Å²) in [5.74, 6) is 1.93. The van der Waals surface area contributed by atoms with Gasteiger partial charge in [0.05, 0.1) is 0 Å². The fraction of sp³-hybridized carbons (Fsp3) is 0.882. The summed E-state index contributed by atoms with van der Waals surface area (Å²) in [7, 11) is 0. The highest BCUT2D eigenvalue weighted by Gasteiger charge is 2.36. The fourth-order valence-electron chi connectivity index (χ4n) is 3.62. The summed E-state index contributed by atoms with van der Waals surface area (Å²) in [4.78, 5) is 4.43. The maximum absolute atomic E-state index is 9.97. The van der Waals surface area contributed by atoms with Crippen molar-refractivity contribution in [3.8, 4) is 0 Å². The van der Waals surface area contributed by atoms with Gasteiger partial charge in [0.1, 0.15) is 12.2 Å². The zero-order valence-corrected chi connectivity index (χ0v) is 13.7. The minimum Gasteiger partial charge on any atom is -0.396 e. The zero-order valence-electron chi connectivity index (χ0n) is 13.7. The lowest BCUT2D eigenvalue weighted by Gasteiger charge is -2.38. The molecule has 2 rings (SSSR count). The largest absolute Gasteiger partial charge is 0.396 e. The number of hydrogen-bond donors (Lipinski definition) is 1. The van der Waals surface area contributed by atoms with E-state index in [1.54, 1.807) is 6.33 Å². The summed E-state index contributed by atoms with van der Waals surface area (Å²) in [5, 5.41) is 14.3. The minimum atomic E-state index is 0.0429. The summed E-state index contributed by atoms with van der Waals surface area (Å²) >= 11 is 0. The van der Waals surface area contributed by atoms with Crippen molar-refractivity contribution in [3.63, 3.8) is 0 Å². The Balaban J connectivity index is 1.95. The molecule has 1 fully saturated rings. The molecule has 1 N–H and O–H groups in total. The Kier molecular flexibility index (Phi) is 6.22. The second-order valence-electron chi connectivity index (χ2n) is 6.82. The second kappa shape index (κ2) is 7.92. The lowest BCUT2D eigenvalue weighted by Crippen LogP contribution is -2.34. The van der Waals surface area contributed by atoms with Gasteiger partial charge in [-0.3, -0.25) is 4.68 Å². The topological polar surface area (TPSA) is 50.9 Å². The van der Waals surface area contributed by atoms with Crippen molar-refractivity contribution in [2.24, 2.45) is 11.3 Å². The van der Waals surface area contributed by atoms with Crippen LogP contribution in [0.2, 0.25) is 0 Å². The van der Waals surface area contributed by atoms with Crippen LogP contribution in [0.15, 0.2) is 6.33 Å². The Morgan fingerprint density at radius 2 is 2.05 bits per heavy atom. The Bertz CT molecular complexity index is 408. The first-order chi connectivity index (χ1) is 10.2. The summed E-state index contributed by atoms with van der Waals surface area (Å²) in [6, 6.07) is 0. The summed E-state index contributed by atoms with van der Waals surface area (Å²) in [6.07, 6.45) is 12.4. The Hall–Kier alpha value is -0.900. The first-order valence-electron chi connectivity index (χ1n) is 8.70. The van der Waals surface area contributed by atoms with Gasteiger partial charge in [-0.15, -0.1) is 0 Å². The average Bonchev–Trinajstić information content (AvgIpc) is 2.94. The van der Waals surface area contributed by atoms with Gasteiger partial charge in [0.15, 0.2) is 0 Å². The van der Waals surface area contributed by atoms with Crippen LogP contribution in [0.5, 0.6) is 0 Å². The number of aromatic nitrogens is 3. The highest BCUT2D eigenvalue weighted by atomic mass is 16.3. The third kappa shape index (κ3) is 4.29. The molecular formula is C17H31N3O. The van der Waals surface area contributed by atoms with Gasteiger partial charge in [-0.1, -0.05) is 33.1 Å². The predicted molar refractivity (Wildman–Crippen MR) is 85.0 cm³/mol. The van der Waals surface area contributed by atoms with Crippen molar-refractivity contribution < 1.29 is 5.11 Å². The SMILES string of the molecule is CCCCC1CCC(CO)(Cc2ncnn2CCC)CC1. The number of aliphatic hydroxyl groups excluding tert-OH is 1. The number of unbranched alkanes of at least 4 members (excludes halogenated alkanes) is 1. The molecule has 0 radical (unpaired) electrons. The lowest BCUT2D eigenvalue weighted by atomic mass is 9.68. The standard InChI is InChI=1S/C17H31N3O/c1-3-5-6-15-7-9-17(13-21,10-8-15)12-16-18-14-19-20(16)11-4-2/h14-15,21H,3-13H2,1-2H3. The van der Waals surface area contributed by atoms with Gasteiger partial charge in [-0.05, 0) is 38.0 Å². The molecule has 1 heterocycles. The Labute approximate surface area is 129 Å². The van der Waals surface area contributed by atoms with Crippen LogP contribution in [0.3, 0.4) is 0 Å². The van der Waals surface area contributed by atoms with E-state index in [0.29, 0.717) is 0 Å². The molecule has 0 unspecified atom stereocenters. The van der Waals surface area contributed by atoms with E-state index in [1.165, 1.54) is 32.1 Å². The first-order valence-corrected chi connectivity index (χ1v) is 8.70. The van der Waals surface area contributed by atoms with E-state index < -0.39 is 0 Å². The van der Waals surface area contributed by atoms with E-state index in [2.05, 4.69) is 23.9 Å². The molecular weight excluding hydrogens is 262 g/mol. The number of aryl methyl sites for hydroxylation is 1. The normalized spacial score (nSPS) is 26.1. The van der Waals surface area contributed by atoms with Gasteiger partial charge in [0.25, 0.3) is 0 Å². The van der Waals surface area contributed by atoms with Crippen LogP contribution in [-0.4, -0.2) is 26.5 Å². The molecule has 1 aromatic rings. The maximum atomic E-state index is 9.97. The molecule has 0 aromatic carbocycles. The third-order valence-corrected chi connectivity index (χ3v) is 5.13. The molecule has 0 bridgehead atoms. The first kappa shape index (κ1) is 16.5. The van der Waals surface area contributed by atoms with Crippen LogP contribution >= 0.6 is 0 Å². The maximum Gasteiger partial charge on any atom is 0.138 e. The van der Waals surface area contributed by atoms with Crippen molar-refractivity contribution >= 4 is 0 Å². The van der Waals surface area contributed by atoms with Crippen molar-refractivity contribution in [1.29, 1.82) is 0 Å². The third-order valence-electron chi connectivity index (χ3n) is 5.13. The number of rotatable bonds is 8. The van der Waals surface area contributed by atoms with Gasteiger partial charge >= 0.3 is 0 Å². The zero-order chi connectivity index (χ0) is 15.1. The fourth-order valence-corrected chi connectivity index (χ4v) is 3.62. The smallest absolute Gasteiger partial charge is 0.138 e. The predicted octanol–water partition coefficient (Wildman–Crippen LogP) is 3.59. The Morgan fingerprint density at radius 3 is 2.67 bits per heavy atom. The van der Waals surface area contributed by atoms with E-state index in [4.69, 9.17) is 0 Å². The van der Waals surface area contributed by atoms with Crippen LogP contribution in [0.4, 0.5) is 0 Å². The number of aliphatic hydroxyl groups is 1. The van der Waals surface area contributed by atoms with Crippen LogP contribution in [0.1, 0.15) is 71.0 Å². The second-order valence-corrected chi connectivity index (χ2v) is 6.82. The number of hydrogen-bond acceptors (Lipinski definition) is 3. The molecule has 0 saturated heterocycles. The highest BCUT2D eigenvalue weighted by Crippen LogP contribution is 2.42. The van der Waals surface area contributed by atoms with Crippen LogP contribution < -0.4 is 0 Å². The van der Waals surface area contributed by atoms with Gasteiger partial charge in [0, 0.05) is 25.0 Å². The molecule has 0 amide bonds. The van der Waals surface area contributed by atoms with Gasteiger partial charge < -0.3 is 5.11 Å². The summed E-state index contributed by atoms with van der Waals surface area (Å²) < 4.78 is 2.01. The average molecular weight is 293 g/mol.